The molecule has 1 atom stereocenters. The van der Waals surface area contributed by atoms with Gasteiger partial charge in [-0.2, -0.15) is 0 Å². The van der Waals surface area contributed by atoms with Crippen LogP contribution in [0.5, 0.6) is 0 Å². The van der Waals surface area contributed by atoms with E-state index in [1.165, 1.54) is 11.8 Å². The highest BCUT2D eigenvalue weighted by Gasteiger charge is 2.30. The van der Waals surface area contributed by atoms with Crippen molar-refractivity contribution in [2.75, 3.05) is 5.32 Å². The number of carbonyl (C=O) groups is 1. The van der Waals surface area contributed by atoms with Gasteiger partial charge in [-0.3, -0.25) is 9.59 Å². The number of anilines is 1. The zero-order valence-electron chi connectivity index (χ0n) is 14.2. The van der Waals surface area contributed by atoms with E-state index in [1.54, 1.807) is 0 Å². The Morgan fingerprint density at radius 2 is 1.81 bits per heavy atom. The molecule has 0 aliphatic carbocycles. The molecular formula is C20H16BrN3O2S. The second-order valence-corrected chi connectivity index (χ2v) is 8.14. The molecule has 2 N–H and O–H groups in total. The van der Waals surface area contributed by atoms with Crippen molar-refractivity contribution in [1.82, 2.24) is 9.97 Å². The summed E-state index contributed by atoms with van der Waals surface area (Å²) < 4.78 is 0.950. The number of hydrogen-bond donors (Lipinski definition) is 2. The van der Waals surface area contributed by atoms with Gasteiger partial charge in [-0.1, -0.05) is 70.2 Å². The molecule has 1 aromatic heterocycles. The lowest BCUT2D eigenvalue weighted by Gasteiger charge is -2.24. The summed E-state index contributed by atoms with van der Waals surface area (Å²) in [6, 6.07) is 17.6. The van der Waals surface area contributed by atoms with E-state index in [-0.39, 0.29) is 23.8 Å². The predicted octanol–water partition coefficient (Wildman–Crippen LogP) is 4.30. The topological polar surface area (TPSA) is 74.8 Å². The SMILES string of the molecule is O=C1CC(c2ccc(Br)cc2)c2c(nc(SCc3ccccc3)[nH]c2=O)N1. The summed E-state index contributed by atoms with van der Waals surface area (Å²) in [6.07, 6.45) is 0.232. The fourth-order valence-corrected chi connectivity index (χ4v) is 4.21. The first-order valence-electron chi connectivity index (χ1n) is 8.46. The van der Waals surface area contributed by atoms with E-state index in [2.05, 4.69) is 31.2 Å². The van der Waals surface area contributed by atoms with Crippen LogP contribution in [0.1, 0.15) is 29.0 Å². The van der Waals surface area contributed by atoms with Gasteiger partial charge in [-0.25, -0.2) is 4.98 Å². The van der Waals surface area contributed by atoms with Crippen LogP contribution < -0.4 is 10.9 Å². The van der Waals surface area contributed by atoms with Crippen molar-refractivity contribution < 1.29 is 4.79 Å². The number of benzene rings is 2. The Hall–Kier alpha value is -2.38. The fourth-order valence-electron chi connectivity index (χ4n) is 3.12. The van der Waals surface area contributed by atoms with Crippen LogP contribution in [-0.4, -0.2) is 15.9 Å². The Kier molecular flexibility index (Phi) is 5.13. The predicted molar refractivity (Wildman–Crippen MR) is 110 cm³/mol. The fraction of sp³-hybridized carbons (Fsp3) is 0.150. The van der Waals surface area contributed by atoms with E-state index >= 15 is 0 Å². The third-order valence-electron chi connectivity index (χ3n) is 4.42. The first-order chi connectivity index (χ1) is 13.1. The number of nitrogens with zero attached hydrogens (tertiary/aromatic N) is 1. The molecule has 1 unspecified atom stereocenters. The lowest BCUT2D eigenvalue weighted by molar-refractivity contribution is -0.116. The van der Waals surface area contributed by atoms with Crippen LogP contribution in [-0.2, 0) is 10.5 Å². The van der Waals surface area contributed by atoms with Crippen molar-refractivity contribution in [3.8, 4) is 0 Å². The Labute approximate surface area is 168 Å². The first-order valence-corrected chi connectivity index (χ1v) is 10.2. The van der Waals surface area contributed by atoms with Gasteiger partial charge in [0.2, 0.25) is 5.91 Å². The molecule has 7 heteroatoms. The van der Waals surface area contributed by atoms with E-state index in [4.69, 9.17) is 0 Å². The molecular weight excluding hydrogens is 426 g/mol. The van der Waals surface area contributed by atoms with Gasteiger partial charge in [0.05, 0.1) is 5.56 Å². The van der Waals surface area contributed by atoms with Crippen LogP contribution in [0.25, 0.3) is 0 Å². The number of aromatic amines is 1. The van der Waals surface area contributed by atoms with E-state index in [9.17, 15) is 9.59 Å². The van der Waals surface area contributed by atoms with Crippen molar-refractivity contribution in [1.29, 1.82) is 0 Å². The normalized spacial score (nSPS) is 15.9. The molecule has 1 aliphatic rings. The Bertz CT molecular complexity index is 1040. The molecule has 2 aromatic carbocycles. The summed E-state index contributed by atoms with van der Waals surface area (Å²) >= 11 is 4.85. The van der Waals surface area contributed by atoms with Crippen molar-refractivity contribution in [2.24, 2.45) is 0 Å². The van der Waals surface area contributed by atoms with Crippen LogP contribution in [0.15, 0.2) is 69.0 Å². The first kappa shape index (κ1) is 18.0. The molecule has 3 aromatic rings. The molecule has 0 bridgehead atoms. The Balaban J connectivity index is 1.66. The molecule has 0 saturated heterocycles. The largest absolute Gasteiger partial charge is 0.310 e. The average molecular weight is 442 g/mol. The number of carbonyl (C=O) groups excluding carboxylic acids is 1. The molecule has 0 spiro atoms. The number of aromatic nitrogens is 2. The van der Waals surface area contributed by atoms with Crippen LogP contribution >= 0.6 is 27.7 Å². The van der Waals surface area contributed by atoms with Gasteiger partial charge in [0.15, 0.2) is 5.16 Å². The van der Waals surface area contributed by atoms with E-state index in [1.807, 2.05) is 54.6 Å². The van der Waals surface area contributed by atoms with Gasteiger partial charge < -0.3 is 10.3 Å². The molecule has 136 valence electrons. The van der Waals surface area contributed by atoms with Crippen LogP contribution in [0, 0.1) is 0 Å². The van der Waals surface area contributed by atoms with Crippen molar-refractivity contribution in [3.05, 3.63) is 86.1 Å². The van der Waals surface area contributed by atoms with Crippen LogP contribution in [0.3, 0.4) is 0 Å². The lowest BCUT2D eigenvalue weighted by atomic mass is 9.87. The molecule has 27 heavy (non-hydrogen) atoms. The minimum atomic E-state index is -0.300. The van der Waals surface area contributed by atoms with Crippen molar-refractivity contribution in [3.63, 3.8) is 0 Å². The smallest absolute Gasteiger partial charge is 0.257 e. The average Bonchev–Trinajstić information content (AvgIpc) is 2.67. The van der Waals surface area contributed by atoms with E-state index in [0.717, 1.165) is 15.6 Å². The molecule has 1 aliphatic heterocycles. The molecule has 0 saturated carbocycles. The maximum atomic E-state index is 12.8. The van der Waals surface area contributed by atoms with Crippen LogP contribution in [0.4, 0.5) is 5.82 Å². The maximum absolute atomic E-state index is 12.8. The highest BCUT2D eigenvalue weighted by molar-refractivity contribution is 9.10. The van der Waals surface area contributed by atoms with Gasteiger partial charge in [-0.05, 0) is 23.3 Å². The number of rotatable bonds is 4. The van der Waals surface area contributed by atoms with Crippen molar-refractivity contribution in [2.45, 2.75) is 23.2 Å². The number of nitrogens with one attached hydrogen (secondary N) is 2. The number of halogens is 1. The number of amides is 1. The van der Waals surface area contributed by atoms with Gasteiger partial charge >= 0.3 is 0 Å². The monoisotopic (exact) mass is 441 g/mol. The minimum absolute atomic E-state index is 0.132. The minimum Gasteiger partial charge on any atom is -0.310 e. The molecule has 1 amide bonds. The molecule has 4 rings (SSSR count). The molecule has 0 fully saturated rings. The molecule has 2 heterocycles. The zero-order valence-corrected chi connectivity index (χ0v) is 16.6. The van der Waals surface area contributed by atoms with Gasteiger partial charge in [0.25, 0.3) is 5.56 Å². The second-order valence-electron chi connectivity index (χ2n) is 6.26. The van der Waals surface area contributed by atoms with E-state index < -0.39 is 0 Å². The summed E-state index contributed by atoms with van der Waals surface area (Å²) in [5.74, 6) is 0.615. The highest BCUT2D eigenvalue weighted by atomic mass is 79.9. The number of fused-ring (bicyclic) bond motifs is 1. The van der Waals surface area contributed by atoms with Gasteiger partial charge in [-0.15, -0.1) is 0 Å². The Morgan fingerprint density at radius 3 is 2.56 bits per heavy atom. The van der Waals surface area contributed by atoms with Crippen molar-refractivity contribution >= 4 is 39.4 Å². The number of thioether (sulfide) groups is 1. The van der Waals surface area contributed by atoms with Gasteiger partial charge in [0.1, 0.15) is 5.82 Å². The molecule has 0 radical (unpaired) electrons. The van der Waals surface area contributed by atoms with E-state index in [0.29, 0.717) is 22.3 Å². The summed E-state index contributed by atoms with van der Waals surface area (Å²) in [6.45, 7) is 0. The number of hydrogen-bond acceptors (Lipinski definition) is 4. The summed E-state index contributed by atoms with van der Waals surface area (Å²) in [5, 5.41) is 3.26. The lowest BCUT2D eigenvalue weighted by Crippen LogP contribution is -2.31. The maximum Gasteiger partial charge on any atom is 0.257 e. The quantitative estimate of drug-likeness (QED) is 0.467. The second kappa shape index (κ2) is 7.70. The number of H-pyrrole nitrogens is 1. The zero-order chi connectivity index (χ0) is 18.8. The third-order valence-corrected chi connectivity index (χ3v) is 5.89. The standard InChI is InChI=1S/C20H16BrN3O2S/c21-14-8-6-13(7-9-14)15-10-16(25)22-18-17(15)19(26)24-20(23-18)27-11-12-4-2-1-3-5-12/h1-9,15H,10-11H2,(H2,22,23,24,25,26). The summed E-state index contributed by atoms with van der Waals surface area (Å²) in [7, 11) is 0. The van der Waals surface area contributed by atoms with Gasteiger partial charge in [0, 0.05) is 22.6 Å². The third kappa shape index (κ3) is 3.99. The summed E-state index contributed by atoms with van der Waals surface area (Å²) in [4.78, 5) is 32.3. The summed E-state index contributed by atoms with van der Waals surface area (Å²) in [5.41, 5.74) is 2.37. The highest BCUT2D eigenvalue weighted by Crippen LogP contribution is 2.35. The molecule has 5 nitrogen and oxygen atoms in total. The van der Waals surface area contributed by atoms with Crippen LogP contribution in [0.2, 0.25) is 0 Å². The Morgan fingerprint density at radius 1 is 1.07 bits per heavy atom.